The lowest BCUT2D eigenvalue weighted by Crippen LogP contribution is -2.05. The highest BCUT2D eigenvalue weighted by atomic mass is 79.9. The van der Waals surface area contributed by atoms with Gasteiger partial charge in [-0.25, -0.2) is 9.79 Å². The number of rotatable bonds is 6. The minimum atomic E-state index is -0.535. The number of carbonyl (C=O) groups excluding carboxylic acids is 1. The molecule has 0 atom stereocenters. The first-order valence-electron chi connectivity index (χ1n) is 7.91. The number of benzene rings is 2. The van der Waals surface area contributed by atoms with Gasteiger partial charge in [-0.2, -0.15) is 0 Å². The first-order valence-corrected chi connectivity index (χ1v) is 9.08. The number of esters is 1. The lowest BCUT2D eigenvalue weighted by molar-refractivity contribution is -0.129. The van der Waals surface area contributed by atoms with Crippen molar-refractivity contribution in [1.29, 1.82) is 0 Å². The summed E-state index contributed by atoms with van der Waals surface area (Å²) in [5, 5.41) is 0.535. The second kappa shape index (κ2) is 8.41. The number of nitrogens with zero attached hydrogens (tertiary/aromatic N) is 1. The molecular formula is C20H15BrClNO4. The highest BCUT2D eigenvalue weighted by molar-refractivity contribution is 9.10. The van der Waals surface area contributed by atoms with Crippen molar-refractivity contribution in [2.24, 2.45) is 4.99 Å². The molecule has 0 amide bonds. The van der Waals surface area contributed by atoms with Crippen LogP contribution in [-0.2, 0) is 9.53 Å². The van der Waals surface area contributed by atoms with E-state index in [1.54, 1.807) is 55.7 Å². The molecule has 1 aliphatic rings. The summed E-state index contributed by atoms with van der Waals surface area (Å²) in [5.74, 6) is 0.748. The Morgan fingerprint density at radius 3 is 2.85 bits per heavy atom. The van der Waals surface area contributed by atoms with Crippen LogP contribution in [0.5, 0.6) is 11.5 Å². The fourth-order valence-electron chi connectivity index (χ4n) is 2.42. The Bertz CT molecular complexity index is 968. The molecule has 0 spiro atoms. The van der Waals surface area contributed by atoms with Crippen LogP contribution in [0.3, 0.4) is 0 Å². The zero-order valence-electron chi connectivity index (χ0n) is 14.4. The molecule has 7 heteroatoms. The van der Waals surface area contributed by atoms with E-state index in [0.29, 0.717) is 38.7 Å². The minimum Gasteiger partial charge on any atom is -0.493 e. The van der Waals surface area contributed by atoms with E-state index in [4.69, 9.17) is 25.8 Å². The highest BCUT2D eigenvalue weighted by Gasteiger charge is 2.24. The Kier molecular flexibility index (Phi) is 5.98. The Hall–Kier alpha value is -2.57. The second-order valence-corrected chi connectivity index (χ2v) is 6.77. The number of ether oxygens (including phenoxy) is 3. The summed E-state index contributed by atoms with van der Waals surface area (Å²) < 4.78 is 16.9. The molecular weight excluding hydrogens is 434 g/mol. The molecule has 5 nitrogen and oxygen atoms in total. The van der Waals surface area contributed by atoms with Crippen molar-refractivity contribution in [2.45, 2.75) is 0 Å². The van der Waals surface area contributed by atoms with Gasteiger partial charge in [-0.15, -0.1) is 0 Å². The predicted octanol–water partition coefficient (Wildman–Crippen LogP) is 5.02. The third-order valence-corrected chi connectivity index (χ3v) is 4.42. The van der Waals surface area contributed by atoms with Gasteiger partial charge in [0.05, 0.1) is 11.6 Å². The van der Waals surface area contributed by atoms with Crippen LogP contribution in [0.2, 0.25) is 5.02 Å². The van der Waals surface area contributed by atoms with Gasteiger partial charge in [0, 0.05) is 10.6 Å². The molecule has 0 saturated carbocycles. The maximum atomic E-state index is 12.2. The number of aliphatic imine (C=N–C) groups is 1. The summed E-state index contributed by atoms with van der Waals surface area (Å²) in [5.41, 5.74) is 1.51. The molecule has 27 heavy (non-hydrogen) atoms. The van der Waals surface area contributed by atoms with E-state index in [0.717, 1.165) is 0 Å². The third-order valence-electron chi connectivity index (χ3n) is 3.59. The normalized spacial score (nSPS) is 14.7. The summed E-state index contributed by atoms with van der Waals surface area (Å²) >= 11 is 9.44. The van der Waals surface area contributed by atoms with E-state index >= 15 is 0 Å². The summed E-state index contributed by atoms with van der Waals surface area (Å²) in [6.45, 7) is 3.97. The molecule has 3 rings (SSSR count). The largest absolute Gasteiger partial charge is 0.493 e. The zero-order valence-corrected chi connectivity index (χ0v) is 16.7. The van der Waals surface area contributed by atoms with Crippen LogP contribution < -0.4 is 9.47 Å². The van der Waals surface area contributed by atoms with Crippen molar-refractivity contribution in [3.05, 3.63) is 75.4 Å². The van der Waals surface area contributed by atoms with Crippen LogP contribution in [0.1, 0.15) is 11.1 Å². The van der Waals surface area contributed by atoms with Crippen molar-refractivity contribution < 1.29 is 19.0 Å². The van der Waals surface area contributed by atoms with Crippen molar-refractivity contribution in [3.8, 4) is 11.5 Å². The predicted molar refractivity (Wildman–Crippen MR) is 108 cm³/mol. The van der Waals surface area contributed by atoms with Crippen molar-refractivity contribution in [2.75, 3.05) is 13.7 Å². The summed E-state index contributed by atoms with van der Waals surface area (Å²) in [6, 6.07) is 10.5. The van der Waals surface area contributed by atoms with Crippen LogP contribution >= 0.6 is 27.5 Å². The van der Waals surface area contributed by atoms with Gasteiger partial charge in [0.2, 0.25) is 5.90 Å². The molecule has 138 valence electrons. The van der Waals surface area contributed by atoms with Crippen molar-refractivity contribution >= 4 is 45.5 Å². The Morgan fingerprint density at radius 1 is 1.33 bits per heavy atom. The molecule has 0 unspecified atom stereocenters. The topological polar surface area (TPSA) is 57.1 Å². The molecule has 0 fully saturated rings. The first-order chi connectivity index (χ1) is 13.0. The van der Waals surface area contributed by atoms with Crippen LogP contribution in [0.4, 0.5) is 0 Å². The van der Waals surface area contributed by atoms with Gasteiger partial charge in [-0.1, -0.05) is 30.3 Å². The molecule has 0 aliphatic carbocycles. The van der Waals surface area contributed by atoms with Crippen LogP contribution in [-0.4, -0.2) is 25.6 Å². The van der Waals surface area contributed by atoms with E-state index in [-0.39, 0.29) is 11.6 Å². The van der Waals surface area contributed by atoms with Crippen LogP contribution in [0.15, 0.2) is 64.2 Å². The quantitative estimate of drug-likeness (QED) is 0.354. The second-order valence-electron chi connectivity index (χ2n) is 5.48. The number of hydrogen-bond donors (Lipinski definition) is 0. The average Bonchev–Trinajstić information content (AvgIpc) is 3.01. The SMILES string of the molecule is C=CCOc1c(Br)cc(/C=C2/N=C(c3cccc(Cl)c3)OC2=O)cc1OC. The number of methoxy groups -OCH3 is 1. The molecule has 0 aromatic heterocycles. The van der Waals surface area contributed by atoms with E-state index in [1.807, 2.05) is 0 Å². The van der Waals surface area contributed by atoms with Gasteiger partial charge in [-0.3, -0.25) is 0 Å². The molecule has 0 bridgehead atoms. The number of cyclic esters (lactones) is 1. The molecule has 2 aromatic rings. The van der Waals surface area contributed by atoms with Gasteiger partial charge in [-0.05, 0) is 57.9 Å². The Labute approximate surface area is 170 Å². The zero-order chi connectivity index (χ0) is 19.4. The van der Waals surface area contributed by atoms with Gasteiger partial charge in [0.1, 0.15) is 6.61 Å². The van der Waals surface area contributed by atoms with E-state index in [1.165, 1.54) is 0 Å². The molecule has 2 aromatic carbocycles. The van der Waals surface area contributed by atoms with E-state index in [2.05, 4.69) is 27.5 Å². The highest BCUT2D eigenvalue weighted by Crippen LogP contribution is 2.37. The molecule has 0 radical (unpaired) electrons. The molecule has 0 saturated heterocycles. The van der Waals surface area contributed by atoms with Crippen LogP contribution in [0.25, 0.3) is 6.08 Å². The minimum absolute atomic E-state index is 0.179. The fourth-order valence-corrected chi connectivity index (χ4v) is 3.18. The van der Waals surface area contributed by atoms with Gasteiger partial charge in [0.15, 0.2) is 17.2 Å². The lowest BCUT2D eigenvalue weighted by atomic mass is 10.1. The fraction of sp³-hybridized carbons (Fsp3) is 0.100. The lowest BCUT2D eigenvalue weighted by Gasteiger charge is -2.12. The average molecular weight is 449 g/mol. The van der Waals surface area contributed by atoms with Gasteiger partial charge >= 0.3 is 5.97 Å². The Balaban J connectivity index is 1.95. The molecule has 1 heterocycles. The first kappa shape index (κ1) is 19.2. The van der Waals surface area contributed by atoms with E-state index in [9.17, 15) is 4.79 Å². The molecule has 0 N–H and O–H groups in total. The third kappa shape index (κ3) is 4.40. The maximum absolute atomic E-state index is 12.2. The van der Waals surface area contributed by atoms with Gasteiger partial charge < -0.3 is 14.2 Å². The van der Waals surface area contributed by atoms with Crippen molar-refractivity contribution in [3.63, 3.8) is 0 Å². The van der Waals surface area contributed by atoms with Crippen LogP contribution in [0, 0.1) is 0 Å². The Morgan fingerprint density at radius 2 is 2.15 bits per heavy atom. The summed E-state index contributed by atoms with van der Waals surface area (Å²) in [4.78, 5) is 16.5. The van der Waals surface area contributed by atoms with Crippen molar-refractivity contribution in [1.82, 2.24) is 0 Å². The number of carbonyl (C=O) groups is 1. The smallest absolute Gasteiger partial charge is 0.363 e. The number of hydrogen-bond acceptors (Lipinski definition) is 5. The summed E-state index contributed by atoms with van der Waals surface area (Å²) in [6.07, 6.45) is 3.26. The molecule has 1 aliphatic heterocycles. The maximum Gasteiger partial charge on any atom is 0.363 e. The summed E-state index contributed by atoms with van der Waals surface area (Å²) in [7, 11) is 1.54. The standard InChI is InChI=1S/C20H15BrClNO4/c1-3-7-26-18-15(21)8-12(10-17(18)25-2)9-16-20(24)27-19(23-16)13-5-4-6-14(22)11-13/h3-6,8-11H,1,7H2,2H3/b16-9+. The monoisotopic (exact) mass is 447 g/mol. The van der Waals surface area contributed by atoms with E-state index < -0.39 is 5.97 Å². The van der Waals surface area contributed by atoms with Gasteiger partial charge in [0.25, 0.3) is 0 Å². The number of halogens is 2.